The van der Waals surface area contributed by atoms with Gasteiger partial charge in [0, 0.05) is 19.2 Å². The summed E-state index contributed by atoms with van der Waals surface area (Å²) in [6.07, 6.45) is 6.82. The number of anilines is 1. The number of hydrogen-bond acceptors (Lipinski definition) is 2. The van der Waals surface area contributed by atoms with Crippen molar-refractivity contribution in [2.45, 2.75) is 19.3 Å². The van der Waals surface area contributed by atoms with Crippen LogP contribution in [0.3, 0.4) is 0 Å². The van der Waals surface area contributed by atoms with Crippen LogP contribution in [0, 0.1) is 0 Å². The highest BCUT2D eigenvalue weighted by Gasteiger charge is 2.13. The van der Waals surface area contributed by atoms with Crippen molar-refractivity contribution < 1.29 is 4.79 Å². The van der Waals surface area contributed by atoms with Crippen LogP contribution in [0.2, 0.25) is 5.02 Å². The van der Waals surface area contributed by atoms with Crippen LogP contribution in [0.4, 0.5) is 5.69 Å². The first-order valence-electron chi connectivity index (χ1n) is 6.19. The summed E-state index contributed by atoms with van der Waals surface area (Å²) in [5, 5.41) is 0.537. The minimum atomic E-state index is 0.0724. The summed E-state index contributed by atoms with van der Waals surface area (Å²) in [4.78, 5) is 13.8. The van der Waals surface area contributed by atoms with E-state index in [1.54, 1.807) is 24.3 Å². The normalized spacial score (nSPS) is 16.2. The number of rotatable bonds is 2. The fraction of sp³-hybridized carbons (Fsp3) is 0.357. The minimum absolute atomic E-state index is 0.0724. The zero-order valence-electron chi connectivity index (χ0n) is 10.2. The van der Waals surface area contributed by atoms with Gasteiger partial charge in [0.25, 0.3) is 0 Å². The molecule has 0 saturated carbocycles. The van der Waals surface area contributed by atoms with E-state index in [2.05, 4.69) is 0 Å². The first-order valence-corrected chi connectivity index (χ1v) is 6.56. The molecule has 1 aliphatic heterocycles. The van der Waals surface area contributed by atoms with Gasteiger partial charge in [-0.3, -0.25) is 4.79 Å². The van der Waals surface area contributed by atoms with E-state index in [1.165, 1.54) is 6.42 Å². The molecule has 1 saturated heterocycles. The van der Waals surface area contributed by atoms with Crippen molar-refractivity contribution in [3.05, 3.63) is 34.9 Å². The van der Waals surface area contributed by atoms with E-state index in [1.807, 2.05) is 11.0 Å². The Hall–Kier alpha value is -1.48. The molecule has 1 aromatic rings. The number of hydrogen-bond donors (Lipinski definition) is 1. The lowest BCUT2D eigenvalue weighted by atomic mass is 10.1. The number of carbonyl (C=O) groups is 1. The smallest absolute Gasteiger partial charge is 0.246 e. The molecule has 96 valence electrons. The molecule has 2 rings (SSSR count). The fourth-order valence-corrected chi connectivity index (χ4v) is 2.17. The monoisotopic (exact) mass is 264 g/mol. The van der Waals surface area contributed by atoms with Gasteiger partial charge in [-0.1, -0.05) is 17.7 Å². The summed E-state index contributed by atoms with van der Waals surface area (Å²) < 4.78 is 0. The molecule has 0 aromatic heterocycles. The summed E-state index contributed by atoms with van der Waals surface area (Å²) >= 11 is 5.84. The number of nitrogens with zero attached hydrogens (tertiary/aromatic N) is 1. The van der Waals surface area contributed by atoms with E-state index < -0.39 is 0 Å². The SMILES string of the molecule is Nc1cc(/C=C/C(=O)N2CCCCC2)ccc1Cl. The van der Waals surface area contributed by atoms with Gasteiger partial charge in [-0.2, -0.15) is 0 Å². The van der Waals surface area contributed by atoms with Gasteiger partial charge in [0.2, 0.25) is 5.91 Å². The molecule has 1 aromatic carbocycles. The molecule has 0 spiro atoms. The molecule has 1 amide bonds. The Morgan fingerprint density at radius 3 is 2.67 bits per heavy atom. The Labute approximate surface area is 112 Å². The van der Waals surface area contributed by atoms with Crippen LogP contribution in [0.1, 0.15) is 24.8 Å². The van der Waals surface area contributed by atoms with Crippen LogP contribution in [0.15, 0.2) is 24.3 Å². The van der Waals surface area contributed by atoms with Crippen molar-refractivity contribution in [2.24, 2.45) is 0 Å². The van der Waals surface area contributed by atoms with Crippen molar-refractivity contribution in [3.63, 3.8) is 0 Å². The highest BCUT2D eigenvalue weighted by atomic mass is 35.5. The zero-order chi connectivity index (χ0) is 13.0. The number of halogens is 1. The lowest BCUT2D eigenvalue weighted by Crippen LogP contribution is -2.34. The van der Waals surface area contributed by atoms with E-state index in [0.29, 0.717) is 10.7 Å². The number of likely N-dealkylation sites (tertiary alicyclic amines) is 1. The third-order valence-electron chi connectivity index (χ3n) is 3.11. The Balaban J connectivity index is 2.01. The van der Waals surface area contributed by atoms with Crippen molar-refractivity contribution in [1.29, 1.82) is 0 Å². The van der Waals surface area contributed by atoms with Gasteiger partial charge in [0.05, 0.1) is 10.7 Å². The molecule has 18 heavy (non-hydrogen) atoms. The lowest BCUT2D eigenvalue weighted by molar-refractivity contribution is -0.126. The summed E-state index contributed by atoms with van der Waals surface area (Å²) in [6.45, 7) is 1.73. The van der Waals surface area contributed by atoms with E-state index >= 15 is 0 Å². The van der Waals surface area contributed by atoms with Crippen LogP contribution in [0.5, 0.6) is 0 Å². The van der Waals surface area contributed by atoms with Gasteiger partial charge in [-0.15, -0.1) is 0 Å². The summed E-state index contributed by atoms with van der Waals surface area (Å²) in [7, 11) is 0. The van der Waals surface area contributed by atoms with Crippen LogP contribution < -0.4 is 5.73 Å². The molecule has 2 N–H and O–H groups in total. The Morgan fingerprint density at radius 2 is 2.00 bits per heavy atom. The second kappa shape index (κ2) is 5.91. The summed E-state index contributed by atoms with van der Waals surface area (Å²) in [5.41, 5.74) is 7.13. The van der Waals surface area contributed by atoms with Gasteiger partial charge in [0.1, 0.15) is 0 Å². The van der Waals surface area contributed by atoms with Gasteiger partial charge < -0.3 is 10.6 Å². The fourth-order valence-electron chi connectivity index (χ4n) is 2.05. The largest absolute Gasteiger partial charge is 0.398 e. The lowest BCUT2D eigenvalue weighted by Gasteiger charge is -2.25. The molecule has 0 bridgehead atoms. The number of nitrogen functional groups attached to an aromatic ring is 1. The van der Waals surface area contributed by atoms with Crippen LogP contribution >= 0.6 is 11.6 Å². The zero-order valence-corrected chi connectivity index (χ0v) is 11.0. The van der Waals surface area contributed by atoms with Crippen molar-refractivity contribution in [3.8, 4) is 0 Å². The molecule has 1 fully saturated rings. The number of amides is 1. The molecular weight excluding hydrogens is 248 g/mol. The predicted octanol–water partition coefficient (Wildman–Crippen LogP) is 2.95. The maximum Gasteiger partial charge on any atom is 0.246 e. The topological polar surface area (TPSA) is 46.3 Å². The molecule has 1 aliphatic rings. The number of nitrogens with two attached hydrogens (primary N) is 1. The Bertz CT molecular complexity index is 465. The third-order valence-corrected chi connectivity index (χ3v) is 3.45. The third kappa shape index (κ3) is 3.26. The second-order valence-electron chi connectivity index (χ2n) is 4.50. The predicted molar refractivity (Wildman–Crippen MR) is 75.3 cm³/mol. The maximum atomic E-state index is 11.9. The molecule has 4 heteroatoms. The van der Waals surface area contributed by atoms with E-state index in [0.717, 1.165) is 31.5 Å². The molecule has 0 aliphatic carbocycles. The van der Waals surface area contributed by atoms with Crippen molar-refractivity contribution in [1.82, 2.24) is 4.90 Å². The van der Waals surface area contributed by atoms with Crippen molar-refractivity contribution >= 4 is 29.3 Å². The van der Waals surface area contributed by atoms with Crippen LogP contribution in [-0.4, -0.2) is 23.9 Å². The van der Waals surface area contributed by atoms with Crippen LogP contribution in [0.25, 0.3) is 6.08 Å². The molecular formula is C14H17ClN2O. The average Bonchev–Trinajstić information content (AvgIpc) is 2.41. The highest BCUT2D eigenvalue weighted by Crippen LogP contribution is 2.20. The highest BCUT2D eigenvalue weighted by molar-refractivity contribution is 6.33. The molecule has 0 radical (unpaired) electrons. The first kappa shape index (κ1) is 13.0. The van der Waals surface area contributed by atoms with Crippen LogP contribution in [-0.2, 0) is 4.79 Å². The summed E-state index contributed by atoms with van der Waals surface area (Å²) in [6, 6.07) is 5.35. The minimum Gasteiger partial charge on any atom is -0.398 e. The van der Waals surface area contributed by atoms with Gasteiger partial charge in [-0.25, -0.2) is 0 Å². The average molecular weight is 265 g/mol. The van der Waals surface area contributed by atoms with E-state index in [9.17, 15) is 4.79 Å². The molecule has 0 unspecified atom stereocenters. The maximum absolute atomic E-state index is 11.9. The van der Waals surface area contributed by atoms with Gasteiger partial charge in [-0.05, 0) is 43.0 Å². The van der Waals surface area contributed by atoms with Crippen molar-refractivity contribution in [2.75, 3.05) is 18.8 Å². The quantitative estimate of drug-likeness (QED) is 0.659. The number of carbonyl (C=O) groups excluding carboxylic acids is 1. The van der Waals surface area contributed by atoms with E-state index in [4.69, 9.17) is 17.3 Å². The Morgan fingerprint density at radius 1 is 1.28 bits per heavy atom. The standard InChI is InChI=1S/C14H17ClN2O/c15-12-6-4-11(10-13(12)16)5-7-14(18)17-8-2-1-3-9-17/h4-7,10H,1-3,8-9,16H2/b7-5+. The molecule has 0 atom stereocenters. The number of benzene rings is 1. The second-order valence-corrected chi connectivity index (χ2v) is 4.91. The van der Waals surface area contributed by atoms with Gasteiger partial charge >= 0.3 is 0 Å². The summed E-state index contributed by atoms with van der Waals surface area (Å²) in [5.74, 6) is 0.0724. The molecule has 3 nitrogen and oxygen atoms in total. The Kier molecular flexibility index (Phi) is 4.26. The van der Waals surface area contributed by atoms with E-state index in [-0.39, 0.29) is 5.91 Å². The molecule has 1 heterocycles. The first-order chi connectivity index (χ1) is 8.66. The number of piperidine rings is 1. The van der Waals surface area contributed by atoms with Gasteiger partial charge in [0.15, 0.2) is 0 Å².